The maximum atomic E-state index is 12.9. The zero-order chi connectivity index (χ0) is 22.5. The van der Waals surface area contributed by atoms with Gasteiger partial charge in [0.1, 0.15) is 0 Å². The van der Waals surface area contributed by atoms with Crippen LogP contribution in [-0.4, -0.2) is 47.3 Å². The van der Waals surface area contributed by atoms with Gasteiger partial charge in [-0.3, -0.25) is 9.69 Å². The highest BCUT2D eigenvalue weighted by molar-refractivity contribution is 8.18. The van der Waals surface area contributed by atoms with E-state index in [4.69, 9.17) is 21.1 Å². The molecule has 1 amide bonds. The number of benzene rings is 2. The molecule has 0 aliphatic carbocycles. The molecule has 0 radical (unpaired) electrons. The van der Waals surface area contributed by atoms with E-state index in [-0.39, 0.29) is 22.4 Å². The summed E-state index contributed by atoms with van der Waals surface area (Å²) in [5.74, 6) is -0.489. The predicted molar refractivity (Wildman–Crippen MR) is 122 cm³/mol. The molecular formula is C22H21ClN2O5S. The normalized spacial score (nSPS) is 16.3. The van der Waals surface area contributed by atoms with Crippen LogP contribution in [0.4, 0.5) is 5.69 Å². The number of likely N-dealkylation sites (N-methyl/N-ethyl adjacent to an activating group) is 1. The van der Waals surface area contributed by atoms with Crippen molar-refractivity contribution in [3.05, 3.63) is 57.5 Å². The number of aliphatic imine (C=N–C) groups is 1. The molecule has 0 atom stereocenters. The van der Waals surface area contributed by atoms with E-state index in [2.05, 4.69) is 4.99 Å². The molecule has 0 aromatic heterocycles. The number of methoxy groups -OCH3 is 1. The largest absolute Gasteiger partial charge is 0.503 e. The van der Waals surface area contributed by atoms with Crippen LogP contribution in [0.1, 0.15) is 29.8 Å². The van der Waals surface area contributed by atoms with Gasteiger partial charge in [0, 0.05) is 6.54 Å². The Morgan fingerprint density at radius 2 is 1.97 bits per heavy atom. The number of carbonyl (C=O) groups is 2. The first kappa shape index (κ1) is 22.7. The highest BCUT2D eigenvalue weighted by Gasteiger charge is 2.32. The summed E-state index contributed by atoms with van der Waals surface area (Å²) in [6.07, 6.45) is 1.69. The Hall–Kier alpha value is -2.97. The molecule has 1 aliphatic rings. The lowest BCUT2D eigenvalue weighted by atomic mass is 10.2. The summed E-state index contributed by atoms with van der Waals surface area (Å²) in [6, 6.07) is 9.81. The summed E-state index contributed by atoms with van der Waals surface area (Å²) in [5, 5.41) is 10.7. The number of phenols is 1. The first-order valence-electron chi connectivity index (χ1n) is 9.51. The van der Waals surface area contributed by atoms with E-state index in [0.717, 1.165) is 0 Å². The third-order valence-electron chi connectivity index (χ3n) is 4.37. The number of hydrogen-bond acceptors (Lipinski definition) is 7. The summed E-state index contributed by atoms with van der Waals surface area (Å²) in [7, 11) is 1.32. The number of amidine groups is 1. The van der Waals surface area contributed by atoms with Crippen LogP contribution in [0.5, 0.6) is 11.5 Å². The third kappa shape index (κ3) is 5.03. The van der Waals surface area contributed by atoms with Crippen molar-refractivity contribution in [2.45, 2.75) is 13.8 Å². The van der Waals surface area contributed by atoms with Gasteiger partial charge in [0.05, 0.1) is 34.9 Å². The Balaban J connectivity index is 1.91. The molecule has 31 heavy (non-hydrogen) atoms. The maximum absolute atomic E-state index is 12.9. The van der Waals surface area contributed by atoms with E-state index in [1.54, 1.807) is 54.3 Å². The quantitative estimate of drug-likeness (QED) is 0.489. The number of aromatic hydroxyl groups is 1. The van der Waals surface area contributed by atoms with Crippen LogP contribution in [0, 0.1) is 0 Å². The fourth-order valence-electron chi connectivity index (χ4n) is 2.86. The predicted octanol–water partition coefficient (Wildman–Crippen LogP) is 4.85. The SMILES string of the molecule is CCOc1cc(/C=C2/SC(=Nc3ccc(C(=O)OC)cc3)N(CC)C2=O)cc(Cl)c1O. The molecule has 1 fully saturated rings. The van der Waals surface area contributed by atoms with Crippen molar-refractivity contribution in [1.29, 1.82) is 0 Å². The number of rotatable bonds is 6. The fraction of sp³-hybridized carbons (Fsp3) is 0.227. The van der Waals surface area contributed by atoms with Crippen LogP contribution >= 0.6 is 23.4 Å². The number of hydrogen-bond donors (Lipinski definition) is 1. The molecule has 1 N–H and O–H groups in total. The van der Waals surface area contributed by atoms with Gasteiger partial charge >= 0.3 is 5.97 Å². The van der Waals surface area contributed by atoms with Gasteiger partial charge in [-0.05, 0) is 73.6 Å². The highest BCUT2D eigenvalue weighted by atomic mass is 35.5. The van der Waals surface area contributed by atoms with Crippen LogP contribution in [0.25, 0.3) is 6.08 Å². The van der Waals surface area contributed by atoms with Crippen LogP contribution in [0.15, 0.2) is 46.3 Å². The second kappa shape index (κ2) is 9.89. The van der Waals surface area contributed by atoms with Crippen molar-refractivity contribution in [1.82, 2.24) is 4.90 Å². The van der Waals surface area contributed by atoms with E-state index in [1.165, 1.54) is 18.9 Å². The van der Waals surface area contributed by atoms with E-state index < -0.39 is 5.97 Å². The second-order valence-corrected chi connectivity index (χ2v) is 7.79. The summed E-state index contributed by atoms with van der Waals surface area (Å²) < 4.78 is 10.1. The number of thioether (sulfide) groups is 1. The number of nitrogens with zero attached hydrogens (tertiary/aromatic N) is 2. The van der Waals surface area contributed by atoms with Crippen molar-refractivity contribution >= 4 is 52.2 Å². The van der Waals surface area contributed by atoms with Crippen molar-refractivity contribution in [3.8, 4) is 11.5 Å². The van der Waals surface area contributed by atoms with Crippen LogP contribution in [0.2, 0.25) is 5.02 Å². The maximum Gasteiger partial charge on any atom is 0.337 e. The van der Waals surface area contributed by atoms with Crippen molar-refractivity contribution in [2.75, 3.05) is 20.3 Å². The Morgan fingerprint density at radius 3 is 2.58 bits per heavy atom. The molecule has 2 aromatic rings. The molecule has 7 nitrogen and oxygen atoms in total. The van der Waals surface area contributed by atoms with Gasteiger partial charge in [0.2, 0.25) is 0 Å². The number of carbonyl (C=O) groups excluding carboxylic acids is 2. The number of amides is 1. The fourth-order valence-corrected chi connectivity index (χ4v) is 4.15. The molecule has 1 aliphatic heterocycles. The standard InChI is InChI=1S/C22H21ClN2O5S/c1-4-25-20(27)18(12-13-10-16(23)19(26)17(11-13)30-5-2)31-22(25)24-15-8-6-14(7-9-15)21(28)29-3/h6-12,26H,4-5H2,1-3H3/b18-12+,24-22?. The summed E-state index contributed by atoms with van der Waals surface area (Å²) in [5.41, 5.74) is 1.65. The van der Waals surface area contributed by atoms with Crippen molar-refractivity contribution < 1.29 is 24.2 Å². The van der Waals surface area contributed by atoms with Crippen LogP contribution in [-0.2, 0) is 9.53 Å². The lowest BCUT2D eigenvalue weighted by molar-refractivity contribution is -0.122. The molecule has 9 heteroatoms. The Morgan fingerprint density at radius 1 is 1.26 bits per heavy atom. The average molecular weight is 461 g/mol. The van der Waals surface area contributed by atoms with Gasteiger partial charge in [-0.1, -0.05) is 11.6 Å². The van der Waals surface area contributed by atoms with E-state index >= 15 is 0 Å². The van der Waals surface area contributed by atoms with Crippen molar-refractivity contribution in [3.63, 3.8) is 0 Å². The molecule has 0 spiro atoms. The lowest BCUT2D eigenvalue weighted by Gasteiger charge is -2.12. The molecule has 0 unspecified atom stereocenters. The molecule has 0 bridgehead atoms. The Kier molecular flexibility index (Phi) is 7.25. The summed E-state index contributed by atoms with van der Waals surface area (Å²) in [4.78, 5) is 31.0. The molecular weight excluding hydrogens is 440 g/mol. The van der Waals surface area contributed by atoms with Gasteiger partial charge in [0.15, 0.2) is 16.7 Å². The van der Waals surface area contributed by atoms with Gasteiger partial charge in [-0.15, -0.1) is 0 Å². The molecule has 2 aromatic carbocycles. The average Bonchev–Trinajstić information content (AvgIpc) is 3.05. The first-order chi connectivity index (χ1) is 14.9. The number of esters is 1. The third-order valence-corrected chi connectivity index (χ3v) is 5.66. The minimum Gasteiger partial charge on any atom is -0.503 e. The van der Waals surface area contributed by atoms with E-state index in [1.807, 2.05) is 6.92 Å². The molecule has 3 rings (SSSR count). The number of phenolic OH excluding ortho intramolecular Hbond substituents is 1. The Labute approximate surface area is 189 Å². The minimum absolute atomic E-state index is 0.135. The highest BCUT2D eigenvalue weighted by Crippen LogP contribution is 2.38. The summed E-state index contributed by atoms with van der Waals surface area (Å²) >= 11 is 7.33. The zero-order valence-corrected chi connectivity index (χ0v) is 18.8. The lowest BCUT2D eigenvalue weighted by Crippen LogP contribution is -2.28. The Bertz CT molecular complexity index is 1070. The molecule has 1 saturated heterocycles. The van der Waals surface area contributed by atoms with E-state index in [9.17, 15) is 14.7 Å². The van der Waals surface area contributed by atoms with Gasteiger partial charge in [-0.25, -0.2) is 9.79 Å². The van der Waals surface area contributed by atoms with Crippen molar-refractivity contribution in [2.24, 2.45) is 4.99 Å². The molecule has 0 saturated carbocycles. The zero-order valence-electron chi connectivity index (χ0n) is 17.2. The van der Waals surface area contributed by atoms with Gasteiger partial charge < -0.3 is 14.6 Å². The van der Waals surface area contributed by atoms with Gasteiger partial charge in [-0.2, -0.15) is 0 Å². The molecule has 1 heterocycles. The van der Waals surface area contributed by atoms with Crippen LogP contribution < -0.4 is 4.74 Å². The first-order valence-corrected chi connectivity index (χ1v) is 10.7. The monoisotopic (exact) mass is 460 g/mol. The van der Waals surface area contributed by atoms with E-state index in [0.29, 0.717) is 40.0 Å². The number of ether oxygens (including phenoxy) is 2. The second-order valence-electron chi connectivity index (χ2n) is 6.38. The topological polar surface area (TPSA) is 88.4 Å². The van der Waals surface area contributed by atoms with Crippen LogP contribution in [0.3, 0.4) is 0 Å². The minimum atomic E-state index is -0.427. The molecule has 162 valence electrons. The smallest absolute Gasteiger partial charge is 0.337 e. The number of halogens is 1. The summed E-state index contributed by atoms with van der Waals surface area (Å²) in [6.45, 7) is 4.48. The van der Waals surface area contributed by atoms with Gasteiger partial charge in [0.25, 0.3) is 5.91 Å².